The molecular formula is C12H19O4P. The van der Waals surface area contributed by atoms with Crippen molar-refractivity contribution in [3.8, 4) is 0 Å². The summed E-state index contributed by atoms with van der Waals surface area (Å²) in [6.45, 7) is 13.7. The largest absolute Gasteiger partial charge is 0.455 e. The summed E-state index contributed by atoms with van der Waals surface area (Å²) in [5.74, 6) is -1.45. The number of carbonyl (C=O) groups is 2. The SMILES string of the molecule is C=C(C)C(=O)OC(C)PC(C)OC(=O)C(=C)C. The molecule has 0 bridgehead atoms. The summed E-state index contributed by atoms with van der Waals surface area (Å²) in [6.07, 6.45) is 0. The quantitative estimate of drug-likeness (QED) is 0.417. The van der Waals surface area contributed by atoms with E-state index in [4.69, 9.17) is 9.47 Å². The van der Waals surface area contributed by atoms with Gasteiger partial charge in [-0.2, -0.15) is 0 Å². The van der Waals surface area contributed by atoms with Gasteiger partial charge in [0.25, 0.3) is 0 Å². The third-order valence-corrected chi connectivity index (χ3v) is 2.91. The van der Waals surface area contributed by atoms with Crippen LogP contribution >= 0.6 is 8.58 Å². The van der Waals surface area contributed by atoms with Crippen LogP contribution in [0.3, 0.4) is 0 Å². The Morgan fingerprint density at radius 3 is 1.47 bits per heavy atom. The molecule has 5 heteroatoms. The first-order valence-electron chi connectivity index (χ1n) is 5.23. The van der Waals surface area contributed by atoms with Crippen molar-refractivity contribution in [2.75, 3.05) is 0 Å². The molecule has 0 rings (SSSR count). The van der Waals surface area contributed by atoms with Crippen LogP contribution in [0.4, 0.5) is 0 Å². The van der Waals surface area contributed by atoms with Gasteiger partial charge in [0.1, 0.15) is 11.7 Å². The van der Waals surface area contributed by atoms with Crippen LogP contribution in [0.25, 0.3) is 0 Å². The van der Waals surface area contributed by atoms with Crippen molar-refractivity contribution in [3.63, 3.8) is 0 Å². The van der Waals surface area contributed by atoms with E-state index in [1.54, 1.807) is 27.7 Å². The van der Waals surface area contributed by atoms with E-state index >= 15 is 0 Å². The van der Waals surface area contributed by atoms with Gasteiger partial charge < -0.3 is 9.47 Å². The van der Waals surface area contributed by atoms with Crippen LogP contribution in [0.2, 0.25) is 0 Å². The summed E-state index contributed by atoms with van der Waals surface area (Å²) in [5, 5.41) is 0. The minimum Gasteiger partial charge on any atom is -0.455 e. The molecule has 17 heavy (non-hydrogen) atoms. The maximum Gasteiger partial charge on any atom is 0.333 e. The first-order valence-corrected chi connectivity index (χ1v) is 6.38. The van der Waals surface area contributed by atoms with Crippen molar-refractivity contribution in [2.45, 2.75) is 39.4 Å². The summed E-state index contributed by atoms with van der Waals surface area (Å²) in [4.78, 5) is 22.5. The fraction of sp³-hybridized carbons (Fsp3) is 0.500. The molecule has 0 aliphatic carbocycles. The van der Waals surface area contributed by atoms with Crippen molar-refractivity contribution in [1.29, 1.82) is 0 Å². The first-order chi connectivity index (χ1) is 7.73. The van der Waals surface area contributed by atoms with Crippen molar-refractivity contribution in [3.05, 3.63) is 24.3 Å². The van der Waals surface area contributed by atoms with Crippen LogP contribution in [0.1, 0.15) is 27.7 Å². The molecule has 0 heterocycles. The monoisotopic (exact) mass is 258 g/mol. The lowest BCUT2D eigenvalue weighted by Crippen LogP contribution is -2.17. The molecule has 0 aromatic carbocycles. The van der Waals surface area contributed by atoms with E-state index in [2.05, 4.69) is 13.2 Å². The predicted octanol–water partition coefficient (Wildman–Crippen LogP) is 2.60. The molecule has 0 N–H and O–H groups in total. The Bertz CT molecular complexity index is 303. The minimum atomic E-state index is -0.427. The van der Waals surface area contributed by atoms with Gasteiger partial charge in [-0.15, -0.1) is 0 Å². The zero-order valence-electron chi connectivity index (χ0n) is 10.7. The molecule has 0 fully saturated rings. The van der Waals surface area contributed by atoms with Crippen LogP contribution in [0.5, 0.6) is 0 Å². The van der Waals surface area contributed by atoms with Crippen LogP contribution in [-0.4, -0.2) is 23.6 Å². The summed E-state index contributed by atoms with van der Waals surface area (Å²) in [5.41, 5.74) is 0.710. The molecule has 0 aromatic heterocycles. The van der Waals surface area contributed by atoms with Crippen molar-refractivity contribution in [2.24, 2.45) is 0 Å². The van der Waals surface area contributed by atoms with E-state index in [0.717, 1.165) is 0 Å². The first kappa shape index (κ1) is 15.9. The Hall–Kier alpha value is -1.15. The second-order valence-corrected chi connectivity index (χ2v) is 5.78. The Balaban J connectivity index is 4.08. The molecule has 0 saturated carbocycles. The molecule has 2 atom stereocenters. The summed E-state index contributed by atoms with van der Waals surface area (Å²) in [7, 11) is 0.182. The third kappa shape index (κ3) is 6.90. The van der Waals surface area contributed by atoms with E-state index in [9.17, 15) is 9.59 Å². The molecule has 0 aliphatic rings. The Kier molecular flexibility index (Phi) is 6.74. The number of hydrogen-bond donors (Lipinski definition) is 0. The Morgan fingerprint density at radius 2 is 1.24 bits per heavy atom. The summed E-state index contributed by atoms with van der Waals surface area (Å²) < 4.78 is 10.2. The molecule has 0 aliphatic heterocycles. The molecule has 2 unspecified atom stereocenters. The van der Waals surface area contributed by atoms with E-state index < -0.39 is 11.9 Å². The van der Waals surface area contributed by atoms with Crippen LogP contribution in [-0.2, 0) is 19.1 Å². The molecule has 0 radical (unpaired) electrons. The van der Waals surface area contributed by atoms with E-state index in [1.165, 1.54) is 0 Å². The molecular weight excluding hydrogens is 239 g/mol. The van der Waals surface area contributed by atoms with Gasteiger partial charge in [0, 0.05) is 11.1 Å². The average Bonchev–Trinajstić information content (AvgIpc) is 2.16. The van der Waals surface area contributed by atoms with Crippen LogP contribution in [0.15, 0.2) is 24.3 Å². The smallest absolute Gasteiger partial charge is 0.333 e. The van der Waals surface area contributed by atoms with Gasteiger partial charge in [0.05, 0.1) is 0 Å². The zero-order valence-corrected chi connectivity index (χ0v) is 11.7. The van der Waals surface area contributed by atoms with Gasteiger partial charge in [0.2, 0.25) is 0 Å². The van der Waals surface area contributed by atoms with Crippen LogP contribution < -0.4 is 0 Å². The normalized spacial score (nSPS) is 14.1. The Morgan fingerprint density at radius 1 is 0.941 bits per heavy atom. The molecule has 0 aromatic rings. The number of esters is 2. The highest BCUT2D eigenvalue weighted by molar-refractivity contribution is 7.39. The highest BCUT2D eigenvalue weighted by Crippen LogP contribution is 2.27. The molecule has 0 saturated heterocycles. The van der Waals surface area contributed by atoms with Gasteiger partial charge >= 0.3 is 11.9 Å². The topological polar surface area (TPSA) is 52.6 Å². The molecule has 0 amide bonds. The molecule has 0 spiro atoms. The van der Waals surface area contributed by atoms with E-state index in [0.29, 0.717) is 11.1 Å². The Labute approximate surface area is 104 Å². The third-order valence-electron chi connectivity index (χ3n) is 1.73. The standard InChI is InChI=1S/C12H19O4P/c1-7(2)11(13)15-9(5)17-10(6)16-12(14)8(3)4/h9-10,17H,1,3H2,2,4-6H3. The number of carbonyl (C=O) groups excluding carboxylic acids is 2. The fourth-order valence-electron chi connectivity index (χ4n) is 0.921. The number of ether oxygens (including phenoxy) is 2. The minimum absolute atomic E-state index is 0.182. The second-order valence-electron chi connectivity index (χ2n) is 3.82. The van der Waals surface area contributed by atoms with Gasteiger partial charge in [0.15, 0.2) is 0 Å². The van der Waals surface area contributed by atoms with Crippen molar-refractivity contribution in [1.82, 2.24) is 0 Å². The van der Waals surface area contributed by atoms with E-state index in [1.807, 2.05) is 0 Å². The average molecular weight is 258 g/mol. The van der Waals surface area contributed by atoms with E-state index in [-0.39, 0.29) is 20.3 Å². The maximum atomic E-state index is 11.2. The lowest BCUT2D eigenvalue weighted by Gasteiger charge is -2.18. The number of hydrogen-bond acceptors (Lipinski definition) is 4. The fourth-order valence-corrected chi connectivity index (χ4v) is 1.93. The second kappa shape index (κ2) is 7.23. The lowest BCUT2D eigenvalue weighted by molar-refractivity contribution is -0.140. The van der Waals surface area contributed by atoms with Crippen molar-refractivity contribution < 1.29 is 19.1 Å². The molecule has 96 valence electrons. The predicted molar refractivity (Wildman–Crippen MR) is 69.1 cm³/mol. The van der Waals surface area contributed by atoms with Gasteiger partial charge in [-0.25, -0.2) is 9.59 Å². The highest BCUT2D eigenvalue weighted by atomic mass is 31.1. The number of rotatable bonds is 6. The summed E-state index contributed by atoms with van der Waals surface area (Å²) in [6, 6.07) is 0. The summed E-state index contributed by atoms with van der Waals surface area (Å²) >= 11 is 0. The highest BCUT2D eigenvalue weighted by Gasteiger charge is 2.16. The van der Waals surface area contributed by atoms with Gasteiger partial charge in [-0.1, -0.05) is 13.2 Å². The van der Waals surface area contributed by atoms with Gasteiger partial charge in [-0.05, 0) is 36.3 Å². The molecule has 4 nitrogen and oxygen atoms in total. The maximum absolute atomic E-state index is 11.2. The zero-order chi connectivity index (χ0) is 13.6. The van der Waals surface area contributed by atoms with Gasteiger partial charge in [-0.3, -0.25) is 0 Å². The van der Waals surface area contributed by atoms with Crippen LogP contribution in [0, 0.1) is 0 Å². The lowest BCUT2D eigenvalue weighted by atomic mass is 10.4. The van der Waals surface area contributed by atoms with Crippen molar-refractivity contribution >= 4 is 20.5 Å².